The first-order valence-corrected chi connectivity index (χ1v) is 10.6. The standard InChI is InChI=1S/C20H19BrN2O4S/c1-2-27-20(26)14-5-9-16(10-6-14)22-17(24)11-23-18(25)12-28-19(23)13-3-7-15(21)8-4-13/h3-10,19H,2,11-12H2,1H3,(H,22,24)/t19-/m1/s1. The molecule has 2 amide bonds. The quantitative estimate of drug-likeness (QED) is 0.659. The van der Waals surface area contributed by atoms with Crippen LogP contribution in [0.4, 0.5) is 5.69 Å². The van der Waals surface area contributed by atoms with Gasteiger partial charge in [-0.05, 0) is 48.9 Å². The fourth-order valence-electron chi connectivity index (χ4n) is 2.79. The Morgan fingerprint density at radius 1 is 1.18 bits per heavy atom. The van der Waals surface area contributed by atoms with Crippen molar-refractivity contribution in [1.29, 1.82) is 0 Å². The molecule has 0 aliphatic carbocycles. The van der Waals surface area contributed by atoms with Crippen molar-refractivity contribution in [2.24, 2.45) is 0 Å². The van der Waals surface area contributed by atoms with E-state index in [0.29, 0.717) is 23.6 Å². The zero-order valence-electron chi connectivity index (χ0n) is 15.2. The number of hydrogen-bond acceptors (Lipinski definition) is 5. The smallest absolute Gasteiger partial charge is 0.338 e. The summed E-state index contributed by atoms with van der Waals surface area (Å²) in [5.74, 6) is -0.410. The number of nitrogens with zero attached hydrogens (tertiary/aromatic N) is 1. The van der Waals surface area contributed by atoms with Gasteiger partial charge < -0.3 is 15.0 Å². The number of anilines is 1. The molecule has 0 bridgehead atoms. The molecule has 1 saturated heterocycles. The fourth-order valence-corrected chi connectivity index (χ4v) is 4.24. The van der Waals surface area contributed by atoms with Crippen molar-refractivity contribution in [1.82, 2.24) is 4.90 Å². The molecule has 1 atom stereocenters. The number of amides is 2. The van der Waals surface area contributed by atoms with Crippen molar-refractivity contribution in [3.05, 3.63) is 64.1 Å². The molecule has 1 N–H and O–H groups in total. The second-order valence-electron chi connectivity index (χ2n) is 6.08. The summed E-state index contributed by atoms with van der Waals surface area (Å²) in [5.41, 5.74) is 1.95. The van der Waals surface area contributed by atoms with Crippen LogP contribution in [-0.2, 0) is 14.3 Å². The van der Waals surface area contributed by atoms with E-state index in [1.54, 1.807) is 36.1 Å². The summed E-state index contributed by atoms with van der Waals surface area (Å²) in [6.45, 7) is 2.01. The van der Waals surface area contributed by atoms with E-state index < -0.39 is 5.97 Å². The Hall–Kier alpha value is -2.32. The molecule has 1 aliphatic heterocycles. The SMILES string of the molecule is CCOC(=O)c1ccc(NC(=O)CN2C(=O)CS[C@@H]2c2ccc(Br)cc2)cc1. The van der Waals surface area contributed by atoms with Gasteiger partial charge in [0, 0.05) is 10.2 Å². The summed E-state index contributed by atoms with van der Waals surface area (Å²) in [6, 6.07) is 14.2. The summed E-state index contributed by atoms with van der Waals surface area (Å²) in [7, 11) is 0. The van der Waals surface area contributed by atoms with Gasteiger partial charge in [-0.15, -0.1) is 11.8 Å². The van der Waals surface area contributed by atoms with E-state index in [1.807, 2.05) is 24.3 Å². The molecule has 0 saturated carbocycles. The highest BCUT2D eigenvalue weighted by Gasteiger charge is 2.34. The Morgan fingerprint density at radius 2 is 1.86 bits per heavy atom. The van der Waals surface area contributed by atoms with Gasteiger partial charge in [0.25, 0.3) is 0 Å². The summed E-state index contributed by atoms with van der Waals surface area (Å²) >= 11 is 4.91. The van der Waals surface area contributed by atoms with Gasteiger partial charge in [-0.2, -0.15) is 0 Å². The molecular weight excluding hydrogens is 444 g/mol. The largest absolute Gasteiger partial charge is 0.462 e. The first-order valence-electron chi connectivity index (χ1n) is 8.71. The first kappa shape index (κ1) is 20.4. The van der Waals surface area contributed by atoms with E-state index in [4.69, 9.17) is 4.74 Å². The number of thioether (sulfide) groups is 1. The predicted molar refractivity (Wildman–Crippen MR) is 112 cm³/mol. The van der Waals surface area contributed by atoms with Crippen LogP contribution in [0.15, 0.2) is 53.0 Å². The Kier molecular flexibility index (Phi) is 6.74. The lowest BCUT2D eigenvalue weighted by atomic mass is 10.2. The van der Waals surface area contributed by atoms with Crippen molar-refractivity contribution in [2.45, 2.75) is 12.3 Å². The molecule has 6 nitrogen and oxygen atoms in total. The lowest BCUT2D eigenvalue weighted by molar-refractivity contribution is -0.132. The van der Waals surface area contributed by atoms with Gasteiger partial charge in [0.05, 0.1) is 17.9 Å². The van der Waals surface area contributed by atoms with E-state index >= 15 is 0 Å². The van der Waals surface area contributed by atoms with E-state index in [0.717, 1.165) is 10.0 Å². The van der Waals surface area contributed by atoms with Gasteiger partial charge in [-0.25, -0.2) is 4.79 Å². The van der Waals surface area contributed by atoms with Crippen LogP contribution in [0.1, 0.15) is 28.2 Å². The van der Waals surface area contributed by atoms with Gasteiger partial charge in [0.1, 0.15) is 11.9 Å². The molecule has 1 fully saturated rings. The Labute approximate surface area is 175 Å². The molecule has 2 aromatic rings. The number of ether oxygens (including phenoxy) is 1. The Bertz CT molecular complexity index is 871. The zero-order valence-corrected chi connectivity index (χ0v) is 17.6. The average Bonchev–Trinajstić information content (AvgIpc) is 3.03. The van der Waals surface area contributed by atoms with Crippen molar-refractivity contribution in [2.75, 3.05) is 24.2 Å². The molecule has 8 heteroatoms. The van der Waals surface area contributed by atoms with Crippen molar-refractivity contribution >= 4 is 51.2 Å². The number of carbonyl (C=O) groups excluding carboxylic acids is 3. The molecule has 0 radical (unpaired) electrons. The number of halogens is 1. The zero-order chi connectivity index (χ0) is 20.1. The molecule has 0 unspecified atom stereocenters. The summed E-state index contributed by atoms with van der Waals surface area (Å²) in [5, 5.41) is 2.58. The van der Waals surface area contributed by atoms with Crippen LogP contribution >= 0.6 is 27.7 Å². The molecular formula is C20H19BrN2O4S. The fraction of sp³-hybridized carbons (Fsp3) is 0.250. The molecule has 146 valence electrons. The van der Waals surface area contributed by atoms with E-state index in [-0.39, 0.29) is 23.7 Å². The highest BCUT2D eigenvalue weighted by molar-refractivity contribution is 9.10. The number of rotatable bonds is 6. The van der Waals surface area contributed by atoms with E-state index in [2.05, 4.69) is 21.2 Å². The predicted octanol–water partition coefficient (Wildman–Crippen LogP) is 3.84. The molecule has 28 heavy (non-hydrogen) atoms. The van der Waals surface area contributed by atoms with E-state index in [9.17, 15) is 14.4 Å². The van der Waals surface area contributed by atoms with Gasteiger partial charge in [0.2, 0.25) is 11.8 Å². The van der Waals surface area contributed by atoms with Crippen LogP contribution in [0.5, 0.6) is 0 Å². The number of carbonyl (C=O) groups is 3. The minimum atomic E-state index is -0.405. The monoisotopic (exact) mass is 462 g/mol. The van der Waals surface area contributed by atoms with Crippen LogP contribution in [0.3, 0.4) is 0 Å². The number of nitrogens with one attached hydrogen (secondary N) is 1. The van der Waals surface area contributed by atoms with Crippen LogP contribution in [0.2, 0.25) is 0 Å². The Morgan fingerprint density at radius 3 is 2.50 bits per heavy atom. The topological polar surface area (TPSA) is 75.7 Å². The maximum Gasteiger partial charge on any atom is 0.338 e. The summed E-state index contributed by atoms with van der Waals surface area (Å²) < 4.78 is 5.89. The lowest BCUT2D eigenvalue weighted by Crippen LogP contribution is -2.36. The molecule has 1 heterocycles. The van der Waals surface area contributed by atoms with Crippen molar-refractivity contribution in [3.63, 3.8) is 0 Å². The molecule has 2 aromatic carbocycles. The molecule has 1 aliphatic rings. The highest BCUT2D eigenvalue weighted by atomic mass is 79.9. The highest BCUT2D eigenvalue weighted by Crippen LogP contribution is 2.38. The lowest BCUT2D eigenvalue weighted by Gasteiger charge is -2.23. The second kappa shape index (κ2) is 9.25. The third kappa shape index (κ3) is 4.94. The second-order valence-corrected chi connectivity index (χ2v) is 8.07. The van der Waals surface area contributed by atoms with Crippen LogP contribution in [0, 0.1) is 0 Å². The van der Waals surface area contributed by atoms with Gasteiger partial charge in [0.15, 0.2) is 0 Å². The summed E-state index contributed by atoms with van der Waals surface area (Å²) in [6.07, 6.45) is 0. The first-order chi connectivity index (χ1) is 13.5. The maximum atomic E-state index is 12.5. The van der Waals surface area contributed by atoms with E-state index in [1.165, 1.54) is 11.8 Å². The van der Waals surface area contributed by atoms with Gasteiger partial charge in [-0.3, -0.25) is 9.59 Å². The number of hydrogen-bond donors (Lipinski definition) is 1. The summed E-state index contributed by atoms with van der Waals surface area (Å²) in [4.78, 5) is 38.0. The molecule has 3 rings (SSSR count). The average molecular weight is 463 g/mol. The maximum absolute atomic E-state index is 12.5. The van der Waals surface area contributed by atoms with Crippen LogP contribution < -0.4 is 5.32 Å². The van der Waals surface area contributed by atoms with Gasteiger partial charge in [-0.1, -0.05) is 28.1 Å². The van der Waals surface area contributed by atoms with Crippen LogP contribution in [-0.4, -0.2) is 41.6 Å². The normalized spacial score (nSPS) is 16.1. The minimum Gasteiger partial charge on any atom is -0.462 e. The van der Waals surface area contributed by atoms with Crippen molar-refractivity contribution in [3.8, 4) is 0 Å². The third-order valence-electron chi connectivity index (χ3n) is 4.12. The molecule has 0 spiro atoms. The minimum absolute atomic E-state index is 0.0355. The Balaban J connectivity index is 1.63. The van der Waals surface area contributed by atoms with Crippen molar-refractivity contribution < 1.29 is 19.1 Å². The number of benzene rings is 2. The van der Waals surface area contributed by atoms with Crippen LogP contribution in [0.25, 0.3) is 0 Å². The third-order valence-corrected chi connectivity index (χ3v) is 5.90. The van der Waals surface area contributed by atoms with Gasteiger partial charge >= 0.3 is 5.97 Å². The molecule has 0 aromatic heterocycles. The number of esters is 1.